The standard InChI is InChI=1S/C21H22N4OS/c1-14-6-5-9-19(15(14)2)25-21(22-23-24-25)27-13-20(26)18-11-10-16-7-3-4-8-17(16)12-18/h5-6,9-12H,3-4,7-8,13H2,1-2H3. The van der Waals surface area contributed by atoms with E-state index in [9.17, 15) is 4.79 Å². The van der Waals surface area contributed by atoms with Gasteiger partial charge >= 0.3 is 0 Å². The van der Waals surface area contributed by atoms with Crippen LogP contribution in [0.3, 0.4) is 0 Å². The molecule has 5 nitrogen and oxygen atoms in total. The topological polar surface area (TPSA) is 60.7 Å². The van der Waals surface area contributed by atoms with E-state index in [1.54, 1.807) is 4.68 Å². The molecule has 0 N–H and O–H groups in total. The number of thioether (sulfide) groups is 1. The molecule has 138 valence electrons. The zero-order valence-electron chi connectivity index (χ0n) is 15.6. The van der Waals surface area contributed by atoms with Gasteiger partial charge in [0.05, 0.1) is 11.4 Å². The van der Waals surface area contributed by atoms with Crippen molar-refractivity contribution in [3.05, 3.63) is 64.2 Å². The van der Waals surface area contributed by atoms with Crippen molar-refractivity contribution in [2.24, 2.45) is 0 Å². The number of hydrogen-bond acceptors (Lipinski definition) is 5. The van der Waals surface area contributed by atoms with Crippen LogP contribution in [0.25, 0.3) is 5.69 Å². The van der Waals surface area contributed by atoms with Crippen molar-refractivity contribution < 1.29 is 4.79 Å². The van der Waals surface area contributed by atoms with Crippen molar-refractivity contribution in [2.75, 3.05) is 5.75 Å². The fraction of sp³-hybridized carbons (Fsp3) is 0.333. The van der Waals surface area contributed by atoms with Gasteiger partial charge in [-0.2, -0.15) is 4.68 Å². The second kappa shape index (κ2) is 7.64. The number of tetrazole rings is 1. The molecule has 0 radical (unpaired) electrons. The van der Waals surface area contributed by atoms with E-state index < -0.39 is 0 Å². The molecule has 0 unspecified atom stereocenters. The maximum atomic E-state index is 12.7. The Balaban J connectivity index is 1.51. The van der Waals surface area contributed by atoms with Crippen LogP contribution in [-0.2, 0) is 12.8 Å². The van der Waals surface area contributed by atoms with Gasteiger partial charge in [-0.15, -0.1) is 5.10 Å². The third-order valence-electron chi connectivity index (χ3n) is 5.25. The SMILES string of the molecule is Cc1cccc(-n2nnnc2SCC(=O)c2ccc3c(c2)CCCC3)c1C. The lowest BCUT2D eigenvalue weighted by molar-refractivity contribution is 0.102. The van der Waals surface area contributed by atoms with Gasteiger partial charge in [0.2, 0.25) is 5.16 Å². The van der Waals surface area contributed by atoms with Crippen molar-refractivity contribution in [3.8, 4) is 5.69 Å². The van der Waals surface area contributed by atoms with Crippen molar-refractivity contribution >= 4 is 17.5 Å². The van der Waals surface area contributed by atoms with Gasteiger partial charge in [0, 0.05) is 5.56 Å². The van der Waals surface area contributed by atoms with Crippen molar-refractivity contribution in [1.82, 2.24) is 20.2 Å². The van der Waals surface area contributed by atoms with E-state index in [1.807, 2.05) is 18.2 Å². The number of hydrogen-bond donors (Lipinski definition) is 0. The van der Waals surface area contributed by atoms with Crippen LogP contribution in [0.1, 0.15) is 45.5 Å². The molecular formula is C21H22N4OS. The Morgan fingerprint density at radius 3 is 2.78 bits per heavy atom. The highest BCUT2D eigenvalue weighted by Gasteiger charge is 2.16. The summed E-state index contributed by atoms with van der Waals surface area (Å²) in [5.74, 6) is 0.438. The van der Waals surface area contributed by atoms with Crippen LogP contribution in [0.2, 0.25) is 0 Å². The number of rotatable bonds is 5. The first kappa shape index (κ1) is 17.9. The summed E-state index contributed by atoms with van der Waals surface area (Å²) in [4.78, 5) is 12.7. The summed E-state index contributed by atoms with van der Waals surface area (Å²) < 4.78 is 1.72. The number of fused-ring (bicyclic) bond motifs is 1. The molecule has 0 amide bonds. The van der Waals surface area contributed by atoms with E-state index in [0.29, 0.717) is 10.9 Å². The van der Waals surface area contributed by atoms with Crippen LogP contribution in [0, 0.1) is 13.8 Å². The first-order valence-electron chi connectivity index (χ1n) is 9.26. The molecular weight excluding hydrogens is 356 g/mol. The molecule has 1 aromatic heterocycles. The third-order valence-corrected chi connectivity index (χ3v) is 6.17. The van der Waals surface area contributed by atoms with E-state index in [0.717, 1.165) is 29.7 Å². The summed E-state index contributed by atoms with van der Waals surface area (Å²) in [5.41, 5.74) is 6.77. The summed E-state index contributed by atoms with van der Waals surface area (Å²) in [6.45, 7) is 4.12. The summed E-state index contributed by atoms with van der Waals surface area (Å²) >= 11 is 1.38. The maximum Gasteiger partial charge on any atom is 0.214 e. The van der Waals surface area contributed by atoms with Crippen molar-refractivity contribution in [1.29, 1.82) is 0 Å². The zero-order chi connectivity index (χ0) is 18.8. The van der Waals surface area contributed by atoms with Gasteiger partial charge in [0.1, 0.15) is 0 Å². The third kappa shape index (κ3) is 3.67. The molecule has 0 atom stereocenters. The van der Waals surface area contributed by atoms with Crippen LogP contribution < -0.4 is 0 Å². The number of carbonyl (C=O) groups is 1. The van der Waals surface area contributed by atoms with Crippen molar-refractivity contribution in [3.63, 3.8) is 0 Å². The predicted octanol–water partition coefficient (Wildman–Crippen LogP) is 4.13. The molecule has 6 heteroatoms. The Morgan fingerprint density at radius 1 is 1.11 bits per heavy atom. The molecule has 1 aliphatic rings. The second-order valence-electron chi connectivity index (χ2n) is 6.99. The monoisotopic (exact) mass is 378 g/mol. The summed E-state index contributed by atoms with van der Waals surface area (Å²) in [5, 5.41) is 12.7. The highest BCUT2D eigenvalue weighted by molar-refractivity contribution is 7.99. The number of aryl methyl sites for hydroxylation is 3. The summed E-state index contributed by atoms with van der Waals surface area (Å²) in [6, 6.07) is 12.2. The number of ketones is 1. The van der Waals surface area contributed by atoms with E-state index in [1.165, 1.54) is 41.3 Å². The highest BCUT2D eigenvalue weighted by atomic mass is 32.2. The van der Waals surface area contributed by atoms with Crippen molar-refractivity contribution in [2.45, 2.75) is 44.7 Å². The number of Topliss-reactive ketones (excluding diaryl/α,β-unsaturated/α-hetero) is 1. The molecule has 0 aliphatic heterocycles. The van der Waals surface area contributed by atoms with Gasteiger partial charge in [-0.05, 0) is 84.3 Å². The molecule has 0 bridgehead atoms. The molecule has 1 heterocycles. The lowest BCUT2D eigenvalue weighted by Gasteiger charge is -2.16. The van der Waals surface area contributed by atoms with Crippen LogP contribution in [0.5, 0.6) is 0 Å². The van der Waals surface area contributed by atoms with E-state index in [4.69, 9.17) is 0 Å². The fourth-order valence-electron chi connectivity index (χ4n) is 3.51. The predicted molar refractivity (Wildman–Crippen MR) is 107 cm³/mol. The lowest BCUT2D eigenvalue weighted by atomic mass is 9.90. The first-order valence-corrected chi connectivity index (χ1v) is 10.2. The highest BCUT2D eigenvalue weighted by Crippen LogP contribution is 2.25. The van der Waals surface area contributed by atoms with Gasteiger partial charge in [0.15, 0.2) is 5.78 Å². The summed E-state index contributed by atoms with van der Waals surface area (Å²) in [7, 11) is 0. The second-order valence-corrected chi connectivity index (χ2v) is 7.94. The Labute approximate surface area is 163 Å². The van der Waals surface area contributed by atoms with Crippen LogP contribution in [-0.4, -0.2) is 31.7 Å². The molecule has 0 saturated carbocycles. The van der Waals surface area contributed by atoms with Crippen LogP contribution in [0.15, 0.2) is 41.6 Å². The van der Waals surface area contributed by atoms with Crippen LogP contribution >= 0.6 is 11.8 Å². The van der Waals surface area contributed by atoms with E-state index in [-0.39, 0.29) is 5.78 Å². The molecule has 0 spiro atoms. The maximum absolute atomic E-state index is 12.7. The number of carbonyl (C=O) groups excluding carboxylic acids is 1. The summed E-state index contributed by atoms with van der Waals surface area (Å²) in [6.07, 6.45) is 4.67. The van der Waals surface area contributed by atoms with Gasteiger partial charge in [-0.3, -0.25) is 4.79 Å². The Bertz CT molecular complexity index is 996. The number of benzene rings is 2. The Morgan fingerprint density at radius 2 is 1.93 bits per heavy atom. The molecule has 2 aromatic carbocycles. The molecule has 1 aliphatic carbocycles. The van der Waals surface area contributed by atoms with Crippen LogP contribution in [0.4, 0.5) is 0 Å². The van der Waals surface area contributed by atoms with Gasteiger partial charge in [-0.25, -0.2) is 0 Å². The molecule has 27 heavy (non-hydrogen) atoms. The Kier molecular flexibility index (Phi) is 5.07. The molecule has 3 aromatic rings. The smallest absolute Gasteiger partial charge is 0.214 e. The normalized spacial score (nSPS) is 13.4. The van der Waals surface area contributed by atoms with Gasteiger partial charge in [0.25, 0.3) is 0 Å². The average Bonchev–Trinajstić information content (AvgIpc) is 3.16. The molecule has 4 rings (SSSR count). The zero-order valence-corrected chi connectivity index (χ0v) is 16.4. The number of nitrogens with zero attached hydrogens (tertiary/aromatic N) is 4. The van der Waals surface area contributed by atoms with E-state index >= 15 is 0 Å². The molecule has 0 fully saturated rings. The van der Waals surface area contributed by atoms with Gasteiger partial charge < -0.3 is 0 Å². The average molecular weight is 379 g/mol. The van der Waals surface area contributed by atoms with Gasteiger partial charge in [-0.1, -0.05) is 36.0 Å². The minimum absolute atomic E-state index is 0.115. The minimum Gasteiger partial charge on any atom is -0.293 e. The minimum atomic E-state index is 0.115. The fourth-order valence-corrected chi connectivity index (χ4v) is 4.28. The first-order chi connectivity index (χ1) is 13.1. The molecule has 0 saturated heterocycles. The quantitative estimate of drug-likeness (QED) is 0.493. The lowest BCUT2D eigenvalue weighted by Crippen LogP contribution is -2.09. The number of aromatic nitrogens is 4. The Hall–Kier alpha value is -2.47. The van der Waals surface area contributed by atoms with E-state index in [2.05, 4.69) is 47.6 Å². The largest absolute Gasteiger partial charge is 0.293 e.